The second kappa shape index (κ2) is 7.61. The van der Waals surface area contributed by atoms with E-state index in [2.05, 4.69) is 4.90 Å². The molecule has 0 spiro atoms. The molecule has 6 heteroatoms. The summed E-state index contributed by atoms with van der Waals surface area (Å²) in [5.74, 6) is -0.00586. The van der Waals surface area contributed by atoms with Crippen molar-refractivity contribution in [2.45, 2.75) is 24.5 Å². The quantitative estimate of drug-likeness (QED) is 0.804. The van der Waals surface area contributed by atoms with Gasteiger partial charge in [0.1, 0.15) is 11.7 Å². The highest BCUT2D eigenvalue weighted by atomic mass is 16.5. The topological polar surface area (TPSA) is 73.2 Å². The molecule has 1 aromatic carbocycles. The minimum absolute atomic E-state index is 0.00586. The molecule has 3 rings (SSSR count). The highest BCUT2D eigenvalue weighted by Gasteiger charge is 2.43. The van der Waals surface area contributed by atoms with Crippen LogP contribution in [0.5, 0.6) is 0 Å². The zero-order valence-corrected chi connectivity index (χ0v) is 13.9. The molecule has 0 aliphatic carbocycles. The molecule has 2 fully saturated rings. The Morgan fingerprint density at radius 3 is 2.58 bits per heavy atom. The van der Waals surface area contributed by atoms with E-state index in [0.717, 1.165) is 18.7 Å². The average molecular weight is 334 g/mol. The van der Waals surface area contributed by atoms with Gasteiger partial charge in [-0.3, -0.25) is 9.69 Å². The van der Waals surface area contributed by atoms with E-state index in [1.165, 1.54) is 0 Å². The molecule has 0 aromatic heterocycles. The van der Waals surface area contributed by atoms with Gasteiger partial charge >= 0.3 is 0 Å². The van der Waals surface area contributed by atoms with Crippen LogP contribution >= 0.6 is 0 Å². The maximum Gasteiger partial charge on any atom is 0.227 e. The van der Waals surface area contributed by atoms with Crippen LogP contribution in [-0.4, -0.2) is 83.6 Å². The molecule has 2 aliphatic rings. The lowest BCUT2D eigenvalue weighted by Crippen LogP contribution is -2.62. The number of morpholine rings is 1. The summed E-state index contributed by atoms with van der Waals surface area (Å²) in [5, 5.41) is 21.3. The number of carbonyl (C=O) groups excluding carboxylic acids is 1. The van der Waals surface area contributed by atoms with E-state index in [0.29, 0.717) is 39.1 Å². The lowest BCUT2D eigenvalue weighted by atomic mass is 9.87. The highest BCUT2D eigenvalue weighted by Crippen LogP contribution is 2.25. The van der Waals surface area contributed by atoms with Crippen LogP contribution in [0, 0.1) is 0 Å². The molecular formula is C18H26N2O4. The van der Waals surface area contributed by atoms with Gasteiger partial charge in [-0.2, -0.15) is 0 Å². The number of benzene rings is 1. The maximum absolute atomic E-state index is 12.4. The van der Waals surface area contributed by atoms with Crippen molar-refractivity contribution < 1.29 is 19.7 Å². The van der Waals surface area contributed by atoms with E-state index in [4.69, 9.17) is 4.74 Å². The number of carbonyl (C=O) groups is 1. The van der Waals surface area contributed by atoms with Crippen molar-refractivity contribution in [3.05, 3.63) is 35.9 Å². The molecule has 0 saturated carbocycles. The number of rotatable bonds is 4. The summed E-state index contributed by atoms with van der Waals surface area (Å²) in [6.07, 6.45) is -0.199. The smallest absolute Gasteiger partial charge is 0.227 e. The summed E-state index contributed by atoms with van der Waals surface area (Å²) in [5.41, 5.74) is -0.188. The van der Waals surface area contributed by atoms with E-state index in [9.17, 15) is 15.0 Å². The van der Waals surface area contributed by atoms with Crippen LogP contribution in [0.2, 0.25) is 0 Å². The second-order valence-corrected chi connectivity index (χ2v) is 6.76. The van der Waals surface area contributed by atoms with Crippen LogP contribution in [-0.2, 0) is 16.0 Å². The lowest BCUT2D eigenvalue weighted by molar-refractivity contribution is -0.155. The Morgan fingerprint density at radius 1 is 1.21 bits per heavy atom. The number of aliphatic hydroxyl groups is 2. The molecule has 2 N–H and O–H groups in total. The van der Waals surface area contributed by atoms with Gasteiger partial charge in [0.2, 0.25) is 5.91 Å². The van der Waals surface area contributed by atoms with Gasteiger partial charge in [-0.25, -0.2) is 0 Å². The number of hydrogen-bond donors (Lipinski definition) is 2. The maximum atomic E-state index is 12.4. The first-order chi connectivity index (χ1) is 11.6. The molecule has 1 amide bonds. The Balaban J connectivity index is 1.55. The number of piperidine rings is 1. The van der Waals surface area contributed by atoms with Crippen LogP contribution in [0.3, 0.4) is 0 Å². The van der Waals surface area contributed by atoms with Gasteiger partial charge in [0.25, 0.3) is 0 Å². The van der Waals surface area contributed by atoms with Gasteiger partial charge < -0.3 is 19.8 Å². The Labute approximate surface area is 142 Å². The number of likely N-dealkylation sites (tertiary alicyclic amines) is 1. The second-order valence-electron chi connectivity index (χ2n) is 6.76. The number of hydrogen-bond acceptors (Lipinski definition) is 5. The fraction of sp³-hybridized carbons (Fsp3) is 0.611. The summed E-state index contributed by atoms with van der Waals surface area (Å²) >= 11 is 0. The predicted octanol–water partition coefficient (Wildman–Crippen LogP) is -0.114. The summed E-state index contributed by atoms with van der Waals surface area (Å²) < 4.78 is 5.32. The number of β-amino-alcohol motifs (C(OH)–C–C–N with tert-alkyl or cyclic N) is 2. The Kier molecular flexibility index (Phi) is 5.50. The SMILES string of the molecule is O=C(Cc1ccccc1)N1CC[C@](O)(CN2CCOCC2)[C@@H](O)C1. The van der Waals surface area contributed by atoms with Crippen molar-refractivity contribution in [3.63, 3.8) is 0 Å². The largest absolute Gasteiger partial charge is 0.388 e. The zero-order chi connectivity index (χ0) is 17.0. The van der Waals surface area contributed by atoms with E-state index < -0.39 is 11.7 Å². The van der Waals surface area contributed by atoms with Crippen molar-refractivity contribution in [2.24, 2.45) is 0 Å². The first-order valence-electron chi connectivity index (χ1n) is 8.59. The molecule has 2 atom stereocenters. The number of aliphatic hydroxyl groups excluding tert-OH is 1. The van der Waals surface area contributed by atoms with E-state index in [1.54, 1.807) is 4.90 Å². The lowest BCUT2D eigenvalue weighted by Gasteiger charge is -2.45. The minimum Gasteiger partial charge on any atom is -0.388 e. The van der Waals surface area contributed by atoms with E-state index >= 15 is 0 Å². The summed E-state index contributed by atoms with van der Waals surface area (Å²) in [6, 6.07) is 9.59. The predicted molar refractivity (Wildman–Crippen MR) is 89.6 cm³/mol. The molecule has 24 heavy (non-hydrogen) atoms. The molecule has 2 aliphatic heterocycles. The average Bonchev–Trinajstić information content (AvgIpc) is 2.59. The standard InChI is InChI=1S/C18H26N2O4/c21-16-13-20(17(22)12-15-4-2-1-3-5-15)7-6-18(16,23)14-19-8-10-24-11-9-19/h1-5,16,21,23H,6-14H2/t16-,18-/m0/s1. The van der Waals surface area contributed by atoms with Crippen molar-refractivity contribution in [3.8, 4) is 0 Å². The molecule has 0 unspecified atom stereocenters. The van der Waals surface area contributed by atoms with Crippen molar-refractivity contribution >= 4 is 5.91 Å². The van der Waals surface area contributed by atoms with Crippen molar-refractivity contribution in [1.82, 2.24) is 9.80 Å². The molecule has 1 aromatic rings. The molecule has 2 saturated heterocycles. The minimum atomic E-state index is -1.15. The zero-order valence-electron chi connectivity index (χ0n) is 13.9. The fourth-order valence-corrected chi connectivity index (χ4v) is 3.40. The highest BCUT2D eigenvalue weighted by molar-refractivity contribution is 5.79. The third-order valence-electron chi connectivity index (χ3n) is 4.98. The summed E-state index contributed by atoms with van der Waals surface area (Å²) in [7, 11) is 0. The fourth-order valence-electron chi connectivity index (χ4n) is 3.40. The molecule has 0 bridgehead atoms. The van der Waals surface area contributed by atoms with Crippen LogP contribution in [0.4, 0.5) is 0 Å². The van der Waals surface area contributed by atoms with Gasteiger partial charge in [0, 0.05) is 32.7 Å². The third-order valence-corrected chi connectivity index (χ3v) is 4.98. The third kappa shape index (κ3) is 4.13. The van der Waals surface area contributed by atoms with E-state index in [-0.39, 0.29) is 12.5 Å². The van der Waals surface area contributed by atoms with Crippen LogP contribution in [0.25, 0.3) is 0 Å². The van der Waals surface area contributed by atoms with Crippen LogP contribution < -0.4 is 0 Å². The molecule has 2 heterocycles. The Hall–Kier alpha value is -1.47. The van der Waals surface area contributed by atoms with Gasteiger partial charge in [-0.05, 0) is 12.0 Å². The van der Waals surface area contributed by atoms with Crippen molar-refractivity contribution in [2.75, 3.05) is 45.9 Å². The van der Waals surface area contributed by atoms with Crippen LogP contribution in [0.15, 0.2) is 30.3 Å². The van der Waals surface area contributed by atoms with E-state index in [1.807, 2.05) is 30.3 Å². The van der Waals surface area contributed by atoms with Crippen molar-refractivity contribution in [1.29, 1.82) is 0 Å². The monoisotopic (exact) mass is 334 g/mol. The molecule has 6 nitrogen and oxygen atoms in total. The normalized spacial score (nSPS) is 28.8. The molecular weight excluding hydrogens is 308 g/mol. The van der Waals surface area contributed by atoms with Gasteiger partial charge in [0.15, 0.2) is 0 Å². The van der Waals surface area contributed by atoms with Gasteiger partial charge in [-0.15, -0.1) is 0 Å². The Bertz CT molecular complexity index is 547. The summed E-state index contributed by atoms with van der Waals surface area (Å²) in [6.45, 7) is 3.95. The number of amides is 1. The van der Waals surface area contributed by atoms with Crippen LogP contribution in [0.1, 0.15) is 12.0 Å². The number of nitrogens with zero attached hydrogens (tertiary/aromatic N) is 2. The molecule has 0 radical (unpaired) electrons. The van der Waals surface area contributed by atoms with Gasteiger partial charge in [-0.1, -0.05) is 30.3 Å². The summed E-state index contributed by atoms with van der Waals surface area (Å²) in [4.78, 5) is 16.2. The Morgan fingerprint density at radius 2 is 1.92 bits per heavy atom. The first-order valence-corrected chi connectivity index (χ1v) is 8.59. The van der Waals surface area contributed by atoms with Gasteiger partial charge in [0.05, 0.1) is 19.6 Å². The number of ether oxygens (including phenoxy) is 1. The molecule has 132 valence electrons. The first kappa shape index (κ1) is 17.4.